The number of amidine groups is 1. The first kappa shape index (κ1) is 24.4. The maximum absolute atomic E-state index is 13.3. The number of aliphatic hydroxyl groups excluding tert-OH is 2. The van der Waals surface area contributed by atoms with Crippen LogP contribution in [0.4, 0.5) is 18.9 Å². The zero-order valence-corrected chi connectivity index (χ0v) is 19.0. The van der Waals surface area contributed by atoms with Crippen molar-refractivity contribution in [1.82, 2.24) is 4.90 Å². The molecule has 4 rings (SSSR count). The molecule has 0 spiro atoms. The number of rotatable bonds is 5. The minimum atomic E-state index is -4.78. The molecule has 1 heterocycles. The van der Waals surface area contributed by atoms with E-state index in [0.29, 0.717) is 17.4 Å². The monoisotopic (exact) mass is 495 g/mol. The molecule has 182 valence electrons. The van der Waals surface area contributed by atoms with Gasteiger partial charge in [0.1, 0.15) is 11.9 Å². The van der Waals surface area contributed by atoms with Crippen LogP contribution in [0.1, 0.15) is 12.0 Å². The molecular formula is C23H24F3N3O4S. The maximum Gasteiger partial charge on any atom is 0.573 e. The van der Waals surface area contributed by atoms with E-state index in [9.17, 15) is 28.2 Å². The van der Waals surface area contributed by atoms with Crippen LogP contribution < -0.4 is 10.1 Å². The Bertz CT molecular complexity index is 1040. The van der Waals surface area contributed by atoms with E-state index in [1.54, 1.807) is 11.9 Å². The van der Waals surface area contributed by atoms with Crippen molar-refractivity contribution in [3.63, 3.8) is 0 Å². The van der Waals surface area contributed by atoms with Gasteiger partial charge in [0.05, 0.1) is 18.1 Å². The predicted octanol–water partition coefficient (Wildman–Crippen LogP) is 3.24. The number of nitrogens with one attached hydrogen (secondary N) is 1. The molecule has 1 fully saturated rings. The van der Waals surface area contributed by atoms with Gasteiger partial charge in [-0.25, -0.2) is 0 Å². The molecule has 0 bridgehead atoms. The van der Waals surface area contributed by atoms with Crippen molar-refractivity contribution >= 4 is 28.5 Å². The fourth-order valence-electron chi connectivity index (χ4n) is 4.17. The summed E-state index contributed by atoms with van der Waals surface area (Å²) in [7, 11) is 1.70. The standard InChI is InChI=1S/C23H24F3N3O4S/c1-29(12-13-5-3-2-4-6-13)21(32)16-11-17(30)19(31)18-20(16)34-22(28-18)27-14-7-9-15(10-8-14)33-23(24,25)26/h2-10,16-20,30-31H,11-12H2,1H3,(H,27,28). The van der Waals surface area contributed by atoms with Crippen LogP contribution in [-0.2, 0) is 11.3 Å². The average molecular weight is 496 g/mol. The van der Waals surface area contributed by atoms with E-state index in [2.05, 4.69) is 15.0 Å². The van der Waals surface area contributed by atoms with Gasteiger partial charge >= 0.3 is 6.36 Å². The lowest BCUT2D eigenvalue weighted by atomic mass is 9.80. The Morgan fingerprint density at radius 3 is 2.50 bits per heavy atom. The molecule has 2 aromatic carbocycles. The molecule has 0 aromatic heterocycles. The molecule has 5 atom stereocenters. The number of thioether (sulfide) groups is 1. The minimum Gasteiger partial charge on any atom is -0.406 e. The van der Waals surface area contributed by atoms with Crippen molar-refractivity contribution in [2.75, 3.05) is 12.4 Å². The molecule has 34 heavy (non-hydrogen) atoms. The lowest BCUT2D eigenvalue weighted by Crippen LogP contribution is -2.54. The van der Waals surface area contributed by atoms with E-state index in [1.165, 1.54) is 36.0 Å². The quantitative estimate of drug-likeness (QED) is 0.590. The van der Waals surface area contributed by atoms with Crippen LogP contribution in [0.15, 0.2) is 59.6 Å². The van der Waals surface area contributed by atoms with Gasteiger partial charge in [-0.2, -0.15) is 0 Å². The number of ether oxygens (including phenoxy) is 1. The Kier molecular flexibility index (Phi) is 7.06. The van der Waals surface area contributed by atoms with Crippen LogP contribution in [0.3, 0.4) is 0 Å². The van der Waals surface area contributed by atoms with E-state index in [1.807, 2.05) is 30.3 Å². The third-order valence-corrected chi connectivity index (χ3v) is 7.09. The van der Waals surface area contributed by atoms with Crippen LogP contribution in [0.25, 0.3) is 0 Å². The number of aliphatic hydroxyl groups is 2. The minimum absolute atomic E-state index is 0.111. The van der Waals surface area contributed by atoms with Gasteiger partial charge in [0, 0.05) is 24.5 Å². The summed E-state index contributed by atoms with van der Waals surface area (Å²) in [4.78, 5) is 19.3. The second-order valence-electron chi connectivity index (χ2n) is 8.28. The Balaban J connectivity index is 1.44. The number of hydrogen-bond acceptors (Lipinski definition) is 7. The van der Waals surface area contributed by atoms with Gasteiger partial charge in [-0.1, -0.05) is 42.1 Å². The summed E-state index contributed by atoms with van der Waals surface area (Å²) < 4.78 is 40.9. The molecular weight excluding hydrogens is 471 g/mol. The molecule has 7 nitrogen and oxygen atoms in total. The smallest absolute Gasteiger partial charge is 0.406 e. The SMILES string of the molecule is CN(Cc1ccccc1)C(=O)C1CC(O)C(O)C2N=C(Nc3ccc(OC(F)(F)F)cc3)SC12. The topological polar surface area (TPSA) is 94.4 Å². The zero-order chi connectivity index (χ0) is 24.5. The fraction of sp³-hybridized carbons (Fsp3) is 0.391. The zero-order valence-electron chi connectivity index (χ0n) is 18.1. The number of benzene rings is 2. The number of nitrogens with zero attached hydrogens (tertiary/aromatic N) is 2. The van der Waals surface area contributed by atoms with Gasteiger partial charge in [-0.05, 0) is 36.2 Å². The summed E-state index contributed by atoms with van der Waals surface area (Å²) >= 11 is 1.28. The van der Waals surface area contributed by atoms with Crippen molar-refractivity contribution in [2.45, 2.75) is 42.8 Å². The first-order chi connectivity index (χ1) is 16.1. The molecule has 11 heteroatoms. The molecule has 1 aliphatic carbocycles. The molecule has 1 amide bonds. The Hall–Kier alpha value is -2.76. The number of anilines is 1. The second kappa shape index (κ2) is 9.85. The number of halogens is 3. The van der Waals surface area contributed by atoms with E-state index < -0.39 is 30.5 Å². The number of fused-ring (bicyclic) bond motifs is 1. The second-order valence-corrected chi connectivity index (χ2v) is 9.45. The van der Waals surface area contributed by atoms with Gasteiger partial charge in [0.25, 0.3) is 0 Å². The molecule has 2 aliphatic rings. The molecule has 3 N–H and O–H groups in total. The van der Waals surface area contributed by atoms with Gasteiger partial charge in [-0.3, -0.25) is 9.79 Å². The Morgan fingerprint density at radius 2 is 1.85 bits per heavy atom. The van der Waals surface area contributed by atoms with Crippen molar-refractivity contribution in [2.24, 2.45) is 10.9 Å². The summed E-state index contributed by atoms with van der Waals surface area (Å²) in [6.45, 7) is 0.412. The van der Waals surface area contributed by atoms with Crippen molar-refractivity contribution < 1.29 is 32.9 Å². The van der Waals surface area contributed by atoms with E-state index in [-0.39, 0.29) is 23.3 Å². The highest BCUT2D eigenvalue weighted by Gasteiger charge is 2.50. The summed E-state index contributed by atoms with van der Waals surface area (Å²) in [6.07, 6.45) is -6.88. The lowest BCUT2D eigenvalue weighted by Gasteiger charge is -2.38. The molecule has 2 aromatic rings. The number of carbonyl (C=O) groups is 1. The summed E-state index contributed by atoms with van der Waals surface area (Å²) in [6, 6.07) is 14.0. The highest BCUT2D eigenvalue weighted by Crippen LogP contribution is 2.42. The lowest BCUT2D eigenvalue weighted by molar-refractivity contribution is -0.274. The van der Waals surface area contributed by atoms with Gasteiger partial charge in [-0.15, -0.1) is 13.2 Å². The summed E-state index contributed by atoms with van der Waals surface area (Å²) in [5.74, 6) is -1.06. The maximum atomic E-state index is 13.3. The summed E-state index contributed by atoms with van der Waals surface area (Å²) in [5.41, 5.74) is 1.44. The Morgan fingerprint density at radius 1 is 1.18 bits per heavy atom. The van der Waals surface area contributed by atoms with Gasteiger partial charge in [0.2, 0.25) is 5.91 Å². The Labute approximate surface area is 198 Å². The molecule has 0 saturated heterocycles. The van der Waals surface area contributed by atoms with E-state index in [4.69, 9.17) is 0 Å². The predicted molar refractivity (Wildman–Crippen MR) is 122 cm³/mol. The fourth-order valence-corrected chi connectivity index (χ4v) is 5.55. The van der Waals surface area contributed by atoms with E-state index >= 15 is 0 Å². The van der Waals surface area contributed by atoms with E-state index in [0.717, 1.165) is 5.56 Å². The van der Waals surface area contributed by atoms with Crippen LogP contribution in [0, 0.1) is 5.92 Å². The van der Waals surface area contributed by atoms with Crippen LogP contribution >= 0.6 is 11.8 Å². The molecule has 1 saturated carbocycles. The highest BCUT2D eigenvalue weighted by molar-refractivity contribution is 8.15. The van der Waals surface area contributed by atoms with Crippen LogP contribution in [0.5, 0.6) is 5.75 Å². The van der Waals surface area contributed by atoms with Gasteiger partial charge < -0.3 is 25.2 Å². The number of alkyl halides is 3. The van der Waals surface area contributed by atoms with Crippen molar-refractivity contribution in [3.8, 4) is 5.75 Å². The first-order valence-corrected chi connectivity index (χ1v) is 11.5. The third kappa shape index (κ3) is 5.65. The molecule has 0 radical (unpaired) electrons. The summed E-state index contributed by atoms with van der Waals surface area (Å²) in [5, 5.41) is 23.9. The first-order valence-electron chi connectivity index (χ1n) is 10.6. The van der Waals surface area contributed by atoms with Crippen LogP contribution in [-0.4, -0.2) is 63.1 Å². The third-order valence-electron chi connectivity index (χ3n) is 5.78. The number of hydrogen-bond donors (Lipinski definition) is 3. The number of amides is 1. The van der Waals surface area contributed by atoms with Crippen LogP contribution in [0.2, 0.25) is 0 Å². The molecule has 5 unspecified atom stereocenters. The average Bonchev–Trinajstić information content (AvgIpc) is 3.21. The number of aliphatic imine (C=N–C) groups is 1. The molecule has 1 aliphatic heterocycles. The van der Waals surface area contributed by atoms with Crippen molar-refractivity contribution in [3.05, 3.63) is 60.2 Å². The number of carbonyl (C=O) groups excluding carboxylic acids is 1. The van der Waals surface area contributed by atoms with Gasteiger partial charge in [0.15, 0.2) is 5.17 Å². The highest BCUT2D eigenvalue weighted by atomic mass is 32.2. The van der Waals surface area contributed by atoms with Crippen molar-refractivity contribution in [1.29, 1.82) is 0 Å². The normalized spacial score (nSPS) is 26.4. The largest absolute Gasteiger partial charge is 0.573 e.